The van der Waals surface area contributed by atoms with Gasteiger partial charge in [0.2, 0.25) is 5.82 Å². The minimum Gasteiger partial charge on any atom is -0.479 e. The first kappa shape index (κ1) is 9.87. The van der Waals surface area contributed by atoms with E-state index in [1.807, 2.05) is 0 Å². The van der Waals surface area contributed by atoms with Crippen LogP contribution in [0, 0.1) is 0 Å². The number of nitrogens with zero attached hydrogens (tertiary/aromatic N) is 6. The molecule has 0 spiro atoms. The van der Waals surface area contributed by atoms with E-state index < -0.39 is 11.5 Å². The fourth-order valence-corrected chi connectivity index (χ4v) is 1.97. The summed E-state index contributed by atoms with van der Waals surface area (Å²) in [4.78, 5) is 11.4. The van der Waals surface area contributed by atoms with Crippen LogP contribution in [0.3, 0.4) is 0 Å². The largest absolute Gasteiger partial charge is 0.479 e. The van der Waals surface area contributed by atoms with Crippen LogP contribution >= 0.6 is 0 Å². The summed E-state index contributed by atoms with van der Waals surface area (Å²) < 4.78 is 1.33. The van der Waals surface area contributed by atoms with Crippen LogP contribution in [0.25, 0.3) is 11.5 Å². The molecule has 0 saturated heterocycles. The number of carboxylic acid groups (broad SMARTS) is 1. The van der Waals surface area contributed by atoms with Gasteiger partial charge >= 0.3 is 5.97 Å². The van der Waals surface area contributed by atoms with Gasteiger partial charge in [-0.3, -0.25) is 0 Å². The van der Waals surface area contributed by atoms with Gasteiger partial charge in [-0.2, -0.15) is 15.4 Å². The molecule has 9 heteroatoms. The van der Waals surface area contributed by atoms with Gasteiger partial charge in [-0.25, -0.2) is 9.48 Å². The van der Waals surface area contributed by atoms with Crippen molar-refractivity contribution in [1.29, 1.82) is 0 Å². The molecule has 0 unspecified atom stereocenters. The predicted molar refractivity (Wildman–Crippen MR) is 52.7 cm³/mol. The Labute approximate surface area is 94.8 Å². The molecule has 3 rings (SSSR count). The number of aromatic nitrogens is 7. The molecule has 0 amide bonds. The van der Waals surface area contributed by atoms with Gasteiger partial charge in [-0.15, -0.1) is 5.10 Å². The van der Waals surface area contributed by atoms with E-state index in [1.54, 1.807) is 0 Å². The highest BCUT2D eigenvalue weighted by Crippen LogP contribution is 2.40. The molecule has 1 fully saturated rings. The highest BCUT2D eigenvalue weighted by atomic mass is 16.4. The van der Waals surface area contributed by atoms with Gasteiger partial charge < -0.3 is 5.11 Å². The molecular weight excluding hydrogens is 226 g/mol. The van der Waals surface area contributed by atoms with Crippen LogP contribution in [0.15, 0.2) is 6.20 Å². The summed E-state index contributed by atoms with van der Waals surface area (Å²) in [6.07, 6.45) is 3.36. The van der Waals surface area contributed by atoms with Gasteiger partial charge in [0.1, 0.15) is 0 Å². The maximum absolute atomic E-state index is 11.4. The van der Waals surface area contributed by atoms with Crippen molar-refractivity contribution in [2.24, 2.45) is 0 Å². The second-order valence-corrected chi connectivity index (χ2v) is 3.96. The highest BCUT2D eigenvalue weighted by Gasteiger charge is 2.49. The maximum atomic E-state index is 11.4. The lowest BCUT2D eigenvalue weighted by atomic mass is 9.77. The molecule has 2 heterocycles. The van der Waals surface area contributed by atoms with Crippen molar-refractivity contribution in [3.05, 3.63) is 6.20 Å². The lowest BCUT2D eigenvalue weighted by molar-refractivity contribution is -0.153. The molecule has 0 atom stereocenters. The van der Waals surface area contributed by atoms with Gasteiger partial charge in [0.15, 0.2) is 11.2 Å². The van der Waals surface area contributed by atoms with E-state index in [1.165, 1.54) is 10.9 Å². The molecule has 2 N–H and O–H groups in total. The van der Waals surface area contributed by atoms with Crippen molar-refractivity contribution in [2.75, 3.05) is 0 Å². The van der Waals surface area contributed by atoms with Crippen LogP contribution in [0.2, 0.25) is 0 Å². The number of rotatable bonds is 3. The van der Waals surface area contributed by atoms with E-state index in [0.29, 0.717) is 24.4 Å². The minimum atomic E-state index is -1.03. The lowest BCUT2D eigenvalue weighted by Gasteiger charge is -2.37. The number of carboxylic acids is 1. The van der Waals surface area contributed by atoms with E-state index in [-0.39, 0.29) is 0 Å². The molecular formula is C8H9N7O2. The molecule has 9 nitrogen and oxygen atoms in total. The van der Waals surface area contributed by atoms with E-state index in [4.69, 9.17) is 0 Å². The third kappa shape index (κ3) is 1.25. The van der Waals surface area contributed by atoms with E-state index in [9.17, 15) is 9.90 Å². The molecule has 0 aromatic carbocycles. The Balaban J connectivity index is 2.10. The molecule has 2 aromatic rings. The van der Waals surface area contributed by atoms with Gasteiger partial charge in [-0.1, -0.05) is 0 Å². The summed E-state index contributed by atoms with van der Waals surface area (Å²) >= 11 is 0. The number of H-pyrrole nitrogens is 1. The highest BCUT2D eigenvalue weighted by molar-refractivity contribution is 5.78. The fourth-order valence-electron chi connectivity index (χ4n) is 1.97. The SMILES string of the molecule is O=C(O)C1(n2nnnc2-c2cn[nH]n2)CCC1. The Bertz CT molecular complexity index is 542. The molecule has 0 radical (unpaired) electrons. The Kier molecular flexibility index (Phi) is 1.94. The number of hydrogen-bond acceptors (Lipinski definition) is 6. The number of nitrogens with one attached hydrogen (secondary N) is 1. The van der Waals surface area contributed by atoms with Crippen LogP contribution in [0.5, 0.6) is 0 Å². The minimum absolute atomic E-state index is 0.320. The second kappa shape index (κ2) is 3.34. The monoisotopic (exact) mass is 235 g/mol. The normalized spacial score (nSPS) is 17.6. The first-order chi connectivity index (χ1) is 8.24. The molecule has 1 aliphatic rings. The third-order valence-electron chi connectivity index (χ3n) is 3.10. The summed E-state index contributed by atoms with van der Waals surface area (Å²) in [5, 5.41) is 30.4. The molecule has 17 heavy (non-hydrogen) atoms. The maximum Gasteiger partial charge on any atom is 0.331 e. The Hall–Kier alpha value is -2.32. The summed E-state index contributed by atoms with van der Waals surface area (Å²) in [6.45, 7) is 0. The van der Waals surface area contributed by atoms with E-state index >= 15 is 0 Å². The average molecular weight is 235 g/mol. The summed E-state index contributed by atoms with van der Waals surface area (Å²) in [5.41, 5.74) is -0.597. The molecule has 2 aromatic heterocycles. The Morgan fingerprint density at radius 2 is 2.35 bits per heavy atom. The molecule has 88 valence electrons. The zero-order valence-corrected chi connectivity index (χ0v) is 8.74. The number of tetrazole rings is 1. The summed E-state index contributed by atoms with van der Waals surface area (Å²) in [6, 6.07) is 0. The first-order valence-electron chi connectivity index (χ1n) is 5.12. The van der Waals surface area contributed by atoms with Crippen molar-refractivity contribution in [1.82, 2.24) is 35.6 Å². The van der Waals surface area contributed by atoms with Crippen LogP contribution in [0.1, 0.15) is 19.3 Å². The Morgan fingerprint density at radius 3 is 2.88 bits per heavy atom. The molecule has 1 aliphatic carbocycles. The predicted octanol–water partition coefficient (Wildman–Crippen LogP) is -0.578. The van der Waals surface area contributed by atoms with Crippen LogP contribution < -0.4 is 0 Å². The van der Waals surface area contributed by atoms with Crippen molar-refractivity contribution >= 4 is 5.97 Å². The standard InChI is InChI=1S/C8H9N7O2/c16-7(17)8(2-1-3-8)15-6(11-13-14-15)5-4-9-12-10-5/h4H,1-3H2,(H,16,17)(H,9,10,12). The van der Waals surface area contributed by atoms with Gasteiger partial charge in [0.25, 0.3) is 0 Å². The topological polar surface area (TPSA) is 122 Å². The van der Waals surface area contributed by atoms with Crippen molar-refractivity contribution in [2.45, 2.75) is 24.8 Å². The van der Waals surface area contributed by atoms with E-state index in [0.717, 1.165) is 6.42 Å². The summed E-state index contributed by atoms with van der Waals surface area (Å²) in [5.74, 6) is -0.596. The number of carbonyl (C=O) groups is 1. The van der Waals surface area contributed by atoms with Crippen molar-refractivity contribution in [3.63, 3.8) is 0 Å². The molecule has 0 bridgehead atoms. The zero-order chi connectivity index (χ0) is 11.9. The van der Waals surface area contributed by atoms with E-state index in [2.05, 4.69) is 30.9 Å². The number of aliphatic carboxylic acids is 1. The van der Waals surface area contributed by atoms with Crippen molar-refractivity contribution in [3.8, 4) is 11.5 Å². The summed E-state index contributed by atoms with van der Waals surface area (Å²) in [7, 11) is 0. The average Bonchev–Trinajstić information content (AvgIpc) is 2.82. The van der Waals surface area contributed by atoms with Gasteiger partial charge in [0.05, 0.1) is 6.20 Å². The van der Waals surface area contributed by atoms with Gasteiger partial charge in [0, 0.05) is 0 Å². The van der Waals surface area contributed by atoms with Gasteiger partial charge in [-0.05, 0) is 29.7 Å². The Morgan fingerprint density at radius 1 is 1.53 bits per heavy atom. The molecule has 1 saturated carbocycles. The second-order valence-electron chi connectivity index (χ2n) is 3.96. The first-order valence-corrected chi connectivity index (χ1v) is 5.12. The number of hydrogen-bond donors (Lipinski definition) is 2. The number of aromatic amines is 1. The smallest absolute Gasteiger partial charge is 0.331 e. The van der Waals surface area contributed by atoms with Crippen LogP contribution in [-0.4, -0.2) is 46.7 Å². The van der Waals surface area contributed by atoms with Crippen molar-refractivity contribution < 1.29 is 9.90 Å². The zero-order valence-electron chi connectivity index (χ0n) is 8.74. The van der Waals surface area contributed by atoms with Crippen LogP contribution in [-0.2, 0) is 10.3 Å². The molecule has 0 aliphatic heterocycles. The fraction of sp³-hybridized carbons (Fsp3) is 0.500. The third-order valence-corrected chi connectivity index (χ3v) is 3.10. The lowest BCUT2D eigenvalue weighted by Crippen LogP contribution is -2.48. The van der Waals surface area contributed by atoms with Crippen LogP contribution in [0.4, 0.5) is 0 Å². The quantitative estimate of drug-likeness (QED) is 0.729.